The number of amides is 1. The molecule has 2 saturated heterocycles. The number of rotatable bonds is 5. The molecule has 1 atom stereocenters. The lowest BCUT2D eigenvalue weighted by Gasteiger charge is -2.33. The third-order valence-corrected chi connectivity index (χ3v) is 8.65. The average molecular weight is 479 g/mol. The van der Waals surface area contributed by atoms with Crippen molar-refractivity contribution in [3.8, 4) is 0 Å². The van der Waals surface area contributed by atoms with Crippen molar-refractivity contribution in [3.05, 3.63) is 60.7 Å². The molecule has 1 amide bonds. The van der Waals surface area contributed by atoms with E-state index in [4.69, 9.17) is 4.98 Å². The first-order valence-electron chi connectivity index (χ1n) is 12.0. The molecule has 0 radical (unpaired) electrons. The Hall–Kier alpha value is -2.97. The van der Waals surface area contributed by atoms with Crippen LogP contribution < -0.4 is 10.2 Å². The standard InChI is InChI=1S/C26H30N4O3S/c31-26(27-22-9-3-1-4-10-22)21-8-7-15-29(19-21)25-14-11-20-18-23(12-13-24(20)28-25)34(32,33)30-16-5-2-6-17-30/h1,3-4,9-14,18,21H,2,5-8,15-17,19H2,(H,27,31). The second-order valence-corrected chi connectivity index (χ2v) is 11.1. The number of para-hydroxylation sites is 1. The van der Waals surface area contributed by atoms with Crippen molar-refractivity contribution in [2.24, 2.45) is 5.92 Å². The minimum atomic E-state index is -3.48. The summed E-state index contributed by atoms with van der Waals surface area (Å²) in [6.07, 6.45) is 4.68. The van der Waals surface area contributed by atoms with Gasteiger partial charge in [0.05, 0.1) is 16.3 Å². The van der Waals surface area contributed by atoms with Gasteiger partial charge in [-0.25, -0.2) is 13.4 Å². The molecule has 34 heavy (non-hydrogen) atoms. The van der Waals surface area contributed by atoms with Crippen LogP contribution in [0.2, 0.25) is 0 Å². The smallest absolute Gasteiger partial charge is 0.243 e. The molecule has 0 aliphatic carbocycles. The number of carbonyl (C=O) groups is 1. The summed E-state index contributed by atoms with van der Waals surface area (Å²) in [4.78, 5) is 20.1. The summed E-state index contributed by atoms with van der Waals surface area (Å²) in [5, 5.41) is 3.82. The van der Waals surface area contributed by atoms with E-state index in [1.54, 1.807) is 22.5 Å². The van der Waals surface area contributed by atoms with Gasteiger partial charge in [0, 0.05) is 37.3 Å². The van der Waals surface area contributed by atoms with E-state index in [1.807, 2.05) is 42.5 Å². The van der Waals surface area contributed by atoms with E-state index in [2.05, 4.69) is 10.2 Å². The average Bonchev–Trinajstić information content (AvgIpc) is 2.89. The van der Waals surface area contributed by atoms with Crippen molar-refractivity contribution in [2.45, 2.75) is 37.0 Å². The van der Waals surface area contributed by atoms with Crippen molar-refractivity contribution >= 4 is 38.3 Å². The number of nitrogens with one attached hydrogen (secondary N) is 1. The Morgan fingerprint density at radius 3 is 2.50 bits per heavy atom. The van der Waals surface area contributed by atoms with Crippen LogP contribution in [0.1, 0.15) is 32.1 Å². The Kier molecular flexibility index (Phi) is 6.52. The first-order chi connectivity index (χ1) is 16.5. The fourth-order valence-corrected chi connectivity index (χ4v) is 6.40. The molecular formula is C26H30N4O3S. The maximum Gasteiger partial charge on any atom is 0.243 e. The van der Waals surface area contributed by atoms with Gasteiger partial charge in [0.1, 0.15) is 5.82 Å². The highest BCUT2D eigenvalue weighted by Crippen LogP contribution is 2.27. The van der Waals surface area contributed by atoms with E-state index in [1.165, 1.54) is 0 Å². The molecule has 178 valence electrons. The van der Waals surface area contributed by atoms with Crippen LogP contribution in [-0.2, 0) is 14.8 Å². The lowest BCUT2D eigenvalue weighted by molar-refractivity contribution is -0.120. The van der Waals surface area contributed by atoms with E-state index in [-0.39, 0.29) is 11.8 Å². The molecule has 0 spiro atoms. The molecule has 2 aliphatic rings. The van der Waals surface area contributed by atoms with Crippen LogP contribution in [0.4, 0.5) is 11.5 Å². The number of carbonyl (C=O) groups excluding carboxylic acids is 1. The van der Waals surface area contributed by atoms with Crippen LogP contribution in [-0.4, -0.2) is 49.8 Å². The minimum Gasteiger partial charge on any atom is -0.356 e. The summed E-state index contributed by atoms with van der Waals surface area (Å²) in [7, 11) is -3.48. The molecule has 2 fully saturated rings. The normalized spacial score (nSPS) is 19.8. The van der Waals surface area contributed by atoms with Crippen molar-refractivity contribution in [2.75, 3.05) is 36.4 Å². The summed E-state index contributed by atoms with van der Waals surface area (Å²) >= 11 is 0. The highest BCUT2D eigenvalue weighted by Gasteiger charge is 2.28. The molecule has 1 unspecified atom stereocenters. The van der Waals surface area contributed by atoms with Gasteiger partial charge in [0.15, 0.2) is 0 Å². The van der Waals surface area contributed by atoms with Crippen LogP contribution in [0.5, 0.6) is 0 Å². The van der Waals surface area contributed by atoms with Crippen LogP contribution in [0.25, 0.3) is 10.9 Å². The molecule has 3 aromatic rings. The van der Waals surface area contributed by atoms with E-state index >= 15 is 0 Å². The third kappa shape index (κ3) is 4.79. The topological polar surface area (TPSA) is 82.6 Å². The molecule has 1 aromatic heterocycles. The summed E-state index contributed by atoms with van der Waals surface area (Å²) in [5.41, 5.74) is 1.56. The Balaban J connectivity index is 1.32. The number of aromatic nitrogens is 1. The summed E-state index contributed by atoms with van der Waals surface area (Å²) < 4.78 is 27.7. The molecule has 2 aromatic carbocycles. The van der Waals surface area contributed by atoms with Crippen LogP contribution in [0.15, 0.2) is 65.6 Å². The van der Waals surface area contributed by atoms with Crippen molar-refractivity contribution in [3.63, 3.8) is 0 Å². The van der Waals surface area contributed by atoms with Crippen LogP contribution in [0.3, 0.4) is 0 Å². The van der Waals surface area contributed by atoms with Gasteiger partial charge in [-0.1, -0.05) is 24.6 Å². The molecule has 5 rings (SSSR count). The number of sulfonamides is 1. The Labute approximate surface area is 200 Å². The van der Waals surface area contributed by atoms with Crippen molar-refractivity contribution in [1.82, 2.24) is 9.29 Å². The quantitative estimate of drug-likeness (QED) is 0.592. The van der Waals surface area contributed by atoms with Crippen molar-refractivity contribution < 1.29 is 13.2 Å². The van der Waals surface area contributed by atoms with Gasteiger partial charge < -0.3 is 10.2 Å². The number of hydrogen-bond acceptors (Lipinski definition) is 5. The highest BCUT2D eigenvalue weighted by atomic mass is 32.2. The number of fused-ring (bicyclic) bond motifs is 1. The maximum absolute atomic E-state index is 13.0. The highest BCUT2D eigenvalue weighted by molar-refractivity contribution is 7.89. The number of anilines is 2. The third-order valence-electron chi connectivity index (χ3n) is 6.76. The lowest BCUT2D eigenvalue weighted by Crippen LogP contribution is -2.41. The first-order valence-corrected chi connectivity index (χ1v) is 13.5. The molecular weight excluding hydrogens is 448 g/mol. The number of hydrogen-bond donors (Lipinski definition) is 1. The summed E-state index contributed by atoms with van der Waals surface area (Å²) in [6, 6.07) is 18.6. The van der Waals surface area contributed by atoms with Gasteiger partial charge in [-0.2, -0.15) is 4.31 Å². The molecule has 3 heterocycles. The maximum atomic E-state index is 13.0. The molecule has 8 heteroatoms. The Morgan fingerprint density at radius 2 is 1.71 bits per heavy atom. The van der Waals surface area contributed by atoms with Gasteiger partial charge in [-0.05, 0) is 68.1 Å². The van der Waals surface area contributed by atoms with Crippen LogP contribution >= 0.6 is 0 Å². The number of pyridine rings is 1. The summed E-state index contributed by atoms with van der Waals surface area (Å²) in [6.45, 7) is 2.63. The van der Waals surface area contributed by atoms with Gasteiger partial charge in [0.2, 0.25) is 15.9 Å². The van der Waals surface area contributed by atoms with Gasteiger partial charge >= 0.3 is 0 Å². The van der Waals surface area contributed by atoms with E-state index in [0.29, 0.717) is 24.5 Å². The fourth-order valence-electron chi connectivity index (χ4n) is 4.85. The molecule has 7 nitrogen and oxygen atoms in total. The van der Waals surface area contributed by atoms with Gasteiger partial charge in [-0.3, -0.25) is 4.79 Å². The zero-order valence-electron chi connectivity index (χ0n) is 19.2. The SMILES string of the molecule is O=C(Nc1ccccc1)C1CCCN(c2ccc3cc(S(=O)(=O)N4CCCCC4)ccc3n2)C1. The van der Waals surface area contributed by atoms with Gasteiger partial charge in [-0.15, -0.1) is 0 Å². The van der Waals surface area contributed by atoms with Crippen LogP contribution in [0, 0.1) is 5.92 Å². The lowest BCUT2D eigenvalue weighted by atomic mass is 9.97. The fraction of sp³-hybridized carbons (Fsp3) is 0.385. The summed E-state index contributed by atoms with van der Waals surface area (Å²) in [5.74, 6) is 0.740. The second kappa shape index (κ2) is 9.72. The number of nitrogens with zero attached hydrogens (tertiary/aromatic N) is 3. The molecule has 0 bridgehead atoms. The Bertz CT molecular complexity index is 1270. The second-order valence-electron chi connectivity index (χ2n) is 9.13. The van der Waals surface area contributed by atoms with E-state index < -0.39 is 10.0 Å². The molecule has 1 N–H and O–H groups in total. The largest absolute Gasteiger partial charge is 0.356 e. The van der Waals surface area contributed by atoms with E-state index in [9.17, 15) is 13.2 Å². The number of benzene rings is 2. The predicted molar refractivity (Wildman–Crippen MR) is 134 cm³/mol. The zero-order valence-corrected chi connectivity index (χ0v) is 20.0. The molecule has 2 aliphatic heterocycles. The minimum absolute atomic E-state index is 0.0317. The van der Waals surface area contributed by atoms with Gasteiger partial charge in [0.25, 0.3) is 0 Å². The Morgan fingerprint density at radius 1 is 0.912 bits per heavy atom. The predicted octanol–water partition coefficient (Wildman–Crippen LogP) is 4.26. The van der Waals surface area contributed by atoms with E-state index in [0.717, 1.165) is 61.1 Å². The molecule has 0 saturated carbocycles. The number of piperidine rings is 2. The monoisotopic (exact) mass is 478 g/mol. The zero-order chi connectivity index (χ0) is 23.5. The van der Waals surface area contributed by atoms with Crippen molar-refractivity contribution in [1.29, 1.82) is 0 Å². The first kappa shape index (κ1) is 22.8.